The van der Waals surface area contributed by atoms with Crippen molar-refractivity contribution < 1.29 is 29.3 Å². The molecule has 0 saturated carbocycles. The van der Waals surface area contributed by atoms with Gasteiger partial charge in [0.15, 0.2) is 5.78 Å². The Morgan fingerprint density at radius 2 is 1.73 bits per heavy atom. The van der Waals surface area contributed by atoms with Crippen LogP contribution in [0.5, 0.6) is 0 Å². The number of benzene rings is 1. The van der Waals surface area contributed by atoms with Gasteiger partial charge in [0, 0.05) is 6.42 Å². The number of ether oxygens (including phenoxy) is 1. The lowest BCUT2D eigenvalue weighted by molar-refractivity contribution is -0.148. The lowest BCUT2D eigenvalue weighted by atomic mass is 9.97. The molecule has 0 radical (unpaired) electrons. The SMILES string of the molecule is O=C(O)CCCCC(C(=O)O)C(=O)COCc1ccccc1. The fraction of sp³-hybridized carbons (Fsp3) is 0.438. The Morgan fingerprint density at radius 1 is 1.05 bits per heavy atom. The summed E-state index contributed by atoms with van der Waals surface area (Å²) in [6.07, 6.45) is 0.853. The van der Waals surface area contributed by atoms with Gasteiger partial charge in [0.25, 0.3) is 0 Å². The minimum Gasteiger partial charge on any atom is -0.481 e. The fourth-order valence-electron chi connectivity index (χ4n) is 1.99. The second-order valence-corrected chi connectivity index (χ2v) is 4.98. The van der Waals surface area contributed by atoms with Crippen LogP contribution in [0.25, 0.3) is 0 Å². The van der Waals surface area contributed by atoms with Crippen molar-refractivity contribution in [2.24, 2.45) is 5.92 Å². The summed E-state index contributed by atoms with van der Waals surface area (Å²) in [7, 11) is 0. The summed E-state index contributed by atoms with van der Waals surface area (Å²) in [5.74, 6) is -3.74. The molecule has 120 valence electrons. The predicted octanol–water partition coefficient (Wildman–Crippen LogP) is 2.12. The van der Waals surface area contributed by atoms with Crippen LogP contribution in [-0.4, -0.2) is 34.5 Å². The first kappa shape index (κ1) is 17.8. The minimum atomic E-state index is -1.19. The average molecular weight is 308 g/mol. The highest BCUT2D eigenvalue weighted by atomic mass is 16.5. The van der Waals surface area contributed by atoms with E-state index in [0.717, 1.165) is 5.56 Å². The molecule has 0 spiro atoms. The first-order valence-electron chi connectivity index (χ1n) is 7.09. The topological polar surface area (TPSA) is 101 Å². The van der Waals surface area contributed by atoms with Crippen LogP contribution in [-0.2, 0) is 25.7 Å². The van der Waals surface area contributed by atoms with E-state index in [9.17, 15) is 14.4 Å². The molecule has 6 nitrogen and oxygen atoms in total. The molecule has 0 aromatic heterocycles. The zero-order valence-corrected chi connectivity index (χ0v) is 12.2. The van der Waals surface area contributed by atoms with Crippen LogP contribution in [0.3, 0.4) is 0 Å². The van der Waals surface area contributed by atoms with Crippen molar-refractivity contribution in [1.82, 2.24) is 0 Å². The number of unbranched alkanes of at least 4 members (excludes halogenated alkanes) is 1. The third-order valence-electron chi connectivity index (χ3n) is 3.18. The zero-order chi connectivity index (χ0) is 16.4. The van der Waals surface area contributed by atoms with Crippen molar-refractivity contribution in [3.8, 4) is 0 Å². The van der Waals surface area contributed by atoms with Crippen LogP contribution in [0.1, 0.15) is 31.2 Å². The van der Waals surface area contributed by atoms with Crippen LogP contribution in [0.2, 0.25) is 0 Å². The Morgan fingerprint density at radius 3 is 2.32 bits per heavy atom. The van der Waals surface area contributed by atoms with Crippen LogP contribution in [0, 0.1) is 5.92 Å². The molecular weight excluding hydrogens is 288 g/mol. The number of carbonyl (C=O) groups excluding carboxylic acids is 1. The van der Waals surface area contributed by atoms with Crippen molar-refractivity contribution in [2.45, 2.75) is 32.3 Å². The molecule has 1 atom stereocenters. The van der Waals surface area contributed by atoms with Gasteiger partial charge in [0.05, 0.1) is 6.61 Å². The van der Waals surface area contributed by atoms with Gasteiger partial charge in [-0.2, -0.15) is 0 Å². The minimum absolute atomic E-state index is 0.0228. The molecule has 0 heterocycles. The standard InChI is InChI=1S/C16H20O6/c17-14(11-22-10-12-6-2-1-3-7-12)13(16(20)21)8-4-5-9-15(18)19/h1-3,6-7,13H,4-5,8-11H2,(H,18,19)(H,20,21). The molecule has 1 rings (SSSR count). The monoisotopic (exact) mass is 308 g/mol. The van der Waals surface area contributed by atoms with Crippen molar-refractivity contribution in [3.05, 3.63) is 35.9 Å². The molecule has 0 aliphatic rings. The Labute approximate surface area is 128 Å². The lowest BCUT2D eigenvalue weighted by Crippen LogP contribution is -2.27. The Kier molecular flexibility index (Phi) is 7.85. The molecule has 0 aliphatic heterocycles. The summed E-state index contributed by atoms with van der Waals surface area (Å²) in [6.45, 7) is -0.0112. The number of carboxylic acid groups (broad SMARTS) is 2. The van der Waals surface area contributed by atoms with Gasteiger partial charge in [0.1, 0.15) is 12.5 Å². The molecule has 2 N–H and O–H groups in total. The molecule has 0 fully saturated rings. The van der Waals surface area contributed by atoms with Crippen molar-refractivity contribution in [1.29, 1.82) is 0 Å². The molecule has 0 bridgehead atoms. The molecule has 0 aliphatic carbocycles. The summed E-state index contributed by atoms with van der Waals surface area (Å²) in [6, 6.07) is 9.27. The van der Waals surface area contributed by atoms with E-state index < -0.39 is 23.6 Å². The third-order valence-corrected chi connectivity index (χ3v) is 3.18. The number of carboxylic acids is 2. The second kappa shape index (κ2) is 9.68. The van der Waals surface area contributed by atoms with E-state index in [4.69, 9.17) is 14.9 Å². The summed E-state index contributed by atoms with van der Waals surface area (Å²) < 4.78 is 5.25. The molecule has 0 amide bonds. The average Bonchev–Trinajstić information content (AvgIpc) is 2.47. The van der Waals surface area contributed by atoms with Crippen LogP contribution in [0.4, 0.5) is 0 Å². The van der Waals surface area contributed by atoms with Crippen LogP contribution in [0.15, 0.2) is 30.3 Å². The van der Waals surface area contributed by atoms with Gasteiger partial charge in [-0.25, -0.2) is 0 Å². The lowest BCUT2D eigenvalue weighted by Gasteiger charge is -2.11. The van der Waals surface area contributed by atoms with Gasteiger partial charge in [-0.3, -0.25) is 14.4 Å². The summed E-state index contributed by atoms with van der Waals surface area (Å²) in [5, 5.41) is 17.6. The van der Waals surface area contributed by atoms with Gasteiger partial charge in [-0.15, -0.1) is 0 Å². The van der Waals surface area contributed by atoms with E-state index >= 15 is 0 Å². The normalized spacial score (nSPS) is 11.8. The maximum absolute atomic E-state index is 11.9. The smallest absolute Gasteiger partial charge is 0.314 e. The van der Waals surface area contributed by atoms with Crippen molar-refractivity contribution in [3.63, 3.8) is 0 Å². The number of aliphatic carboxylic acids is 2. The maximum Gasteiger partial charge on any atom is 0.314 e. The molecule has 1 unspecified atom stereocenters. The number of ketones is 1. The van der Waals surface area contributed by atoms with Gasteiger partial charge in [0.2, 0.25) is 0 Å². The highest BCUT2D eigenvalue weighted by Crippen LogP contribution is 2.12. The highest BCUT2D eigenvalue weighted by molar-refractivity contribution is 5.98. The van der Waals surface area contributed by atoms with E-state index in [1.165, 1.54) is 0 Å². The predicted molar refractivity (Wildman–Crippen MR) is 78.3 cm³/mol. The largest absolute Gasteiger partial charge is 0.481 e. The Bertz CT molecular complexity index is 497. The summed E-state index contributed by atoms with van der Waals surface area (Å²) in [4.78, 5) is 33.4. The van der Waals surface area contributed by atoms with Gasteiger partial charge in [-0.1, -0.05) is 36.8 Å². The van der Waals surface area contributed by atoms with Gasteiger partial charge < -0.3 is 14.9 Å². The summed E-state index contributed by atoms with van der Waals surface area (Å²) >= 11 is 0. The van der Waals surface area contributed by atoms with Crippen LogP contribution < -0.4 is 0 Å². The van der Waals surface area contributed by atoms with Crippen molar-refractivity contribution >= 4 is 17.7 Å². The van der Waals surface area contributed by atoms with Gasteiger partial charge >= 0.3 is 11.9 Å². The van der Waals surface area contributed by atoms with E-state index in [1.54, 1.807) is 0 Å². The number of carbonyl (C=O) groups is 3. The number of hydrogen-bond acceptors (Lipinski definition) is 4. The number of hydrogen-bond donors (Lipinski definition) is 2. The Balaban J connectivity index is 2.34. The summed E-state index contributed by atoms with van der Waals surface area (Å²) in [5.41, 5.74) is 0.906. The number of rotatable bonds is 11. The van der Waals surface area contributed by atoms with Crippen LogP contribution >= 0.6 is 0 Å². The molecule has 22 heavy (non-hydrogen) atoms. The zero-order valence-electron chi connectivity index (χ0n) is 12.2. The van der Waals surface area contributed by atoms with E-state index in [-0.39, 0.29) is 26.1 Å². The molecule has 1 aromatic rings. The maximum atomic E-state index is 11.9. The molecular formula is C16H20O6. The third kappa shape index (κ3) is 6.99. The van der Waals surface area contributed by atoms with Crippen molar-refractivity contribution in [2.75, 3.05) is 6.61 Å². The highest BCUT2D eigenvalue weighted by Gasteiger charge is 2.25. The van der Waals surface area contributed by atoms with E-state index in [0.29, 0.717) is 12.8 Å². The molecule has 0 saturated heterocycles. The molecule has 1 aromatic carbocycles. The first-order chi connectivity index (χ1) is 10.5. The Hall–Kier alpha value is -2.21. The second-order valence-electron chi connectivity index (χ2n) is 4.98. The quantitative estimate of drug-likeness (QED) is 0.479. The molecule has 6 heteroatoms. The number of Topliss-reactive ketones (excluding diaryl/α,β-unsaturated/α-hetero) is 1. The fourth-order valence-corrected chi connectivity index (χ4v) is 1.99. The van der Waals surface area contributed by atoms with Gasteiger partial charge in [-0.05, 0) is 18.4 Å². The first-order valence-corrected chi connectivity index (χ1v) is 7.09. The van der Waals surface area contributed by atoms with E-state index in [2.05, 4.69) is 0 Å². The van der Waals surface area contributed by atoms with E-state index in [1.807, 2.05) is 30.3 Å².